The van der Waals surface area contributed by atoms with Crippen molar-refractivity contribution in [3.05, 3.63) is 36.8 Å². The van der Waals surface area contributed by atoms with E-state index in [9.17, 15) is 0 Å². The van der Waals surface area contributed by atoms with Crippen LogP contribution in [-0.4, -0.2) is 20.7 Å². The molecule has 3 unspecified atom stereocenters. The van der Waals surface area contributed by atoms with E-state index in [0.717, 1.165) is 24.1 Å². The SMILES string of the molecule is C=CCC1CC(C)C(c2ccc3c(N)ncnn23)O1. The maximum absolute atomic E-state index is 6.11. The van der Waals surface area contributed by atoms with Crippen molar-refractivity contribution >= 4 is 11.3 Å². The quantitative estimate of drug-likeness (QED) is 0.858. The zero-order valence-electron chi connectivity index (χ0n) is 11.0. The molecule has 0 radical (unpaired) electrons. The van der Waals surface area contributed by atoms with E-state index in [0.29, 0.717) is 11.7 Å². The number of nitrogens with zero attached hydrogens (tertiary/aromatic N) is 3. The van der Waals surface area contributed by atoms with Crippen LogP contribution in [0.5, 0.6) is 0 Å². The highest BCUT2D eigenvalue weighted by molar-refractivity contribution is 5.65. The van der Waals surface area contributed by atoms with E-state index < -0.39 is 0 Å². The van der Waals surface area contributed by atoms with Crippen molar-refractivity contribution in [3.8, 4) is 0 Å². The third kappa shape index (κ3) is 2.00. The minimum absolute atomic E-state index is 0.0572. The molecule has 3 atom stereocenters. The molecule has 0 saturated carbocycles. The Morgan fingerprint density at radius 2 is 2.42 bits per heavy atom. The molecule has 5 nitrogen and oxygen atoms in total. The van der Waals surface area contributed by atoms with Crippen LogP contribution in [0.15, 0.2) is 31.1 Å². The second kappa shape index (κ2) is 4.66. The lowest BCUT2D eigenvalue weighted by Gasteiger charge is -2.15. The molecule has 1 fully saturated rings. The van der Waals surface area contributed by atoms with Gasteiger partial charge in [0, 0.05) is 0 Å². The van der Waals surface area contributed by atoms with Gasteiger partial charge in [-0.25, -0.2) is 9.50 Å². The number of aromatic nitrogens is 3. The summed E-state index contributed by atoms with van der Waals surface area (Å²) >= 11 is 0. The number of anilines is 1. The van der Waals surface area contributed by atoms with Crippen molar-refractivity contribution in [1.82, 2.24) is 14.6 Å². The summed E-state index contributed by atoms with van der Waals surface area (Å²) < 4.78 is 7.95. The van der Waals surface area contributed by atoms with Crippen LogP contribution in [0.3, 0.4) is 0 Å². The Balaban J connectivity index is 1.96. The lowest BCUT2D eigenvalue weighted by Crippen LogP contribution is -2.10. The fourth-order valence-electron chi connectivity index (χ4n) is 2.82. The van der Waals surface area contributed by atoms with E-state index in [1.165, 1.54) is 6.33 Å². The van der Waals surface area contributed by atoms with Gasteiger partial charge in [-0.3, -0.25) is 0 Å². The molecule has 0 aromatic carbocycles. The Morgan fingerprint density at radius 1 is 1.58 bits per heavy atom. The van der Waals surface area contributed by atoms with Crippen molar-refractivity contribution in [2.45, 2.75) is 32.0 Å². The minimum Gasteiger partial charge on any atom is -0.382 e. The molecule has 2 N–H and O–H groups in total. The van der Waals surface area contributed by atoms with Gasteiger partial charge in [0.2, 0.25) is 0 Å². The molecule has 1 aliphatic heterocycles. The van der Waals surface area contributed by atoms with Gasteiger partial charge in [0.05, 0.1) is 11.8 Å². The summed E-state index contributed by atoms with van der Waals surface area (Å²) in [6.45, 7) is 5.98. The number of ether oxygens (including phenoxy) is 1. The summed E-state index contributed by atoms with van der Waals surface area (Å²) in [6.07, 6.45) is 5.64. The third-order valence-electron chi connectivity index (χ3n) is 3.72. The van der Waals surface area contributed by atoms with E-state index in [1.54, 1.807) is 0 Å². The molecule has 2 aromatic rings. The van der Waals surface area contributed by atoms with Crippen molar-refractivity contribution in [2.75, 3.05) is 5.73 Å². The largest absolute Gasteiger partial charge is 0.382 e. The maximum Gasteiger partial charge on any atom is 0.151 e. The molecule has 1 saturated heterocycles. The fraction of sp³-hybridized carbons (Fsp3) is 0.429. The van der Waals surface area contributed by atoms with Crippen LogP contribution in [-0.2, 0) is 4.74 Å². The molecule has 100 valence electrons. The summed E-state index contributed by atoms with van der Waals surface area (Å²) in [5.74, 6) is 0.953. The zero-order valence-corrected chi connectivity index (χ0v) is 11.0. The molecule has 2 aromatic heterocycles. The highest BCUT2D eigenvalue weighted by atomic mass is 16.5. The number of hydrogen-bond acceptors (Lipinski definition) is 4. The first kappa shape index (κ1) is 12.2. The van der Waals surface area contributed by atoms with E-state index in [1.807, 2.05) is 22.7 Å². The number of nitrogen functional groups attached to an aromatic ring is 1. The summed E-state index contributed by atoms with van der Waals surface area (Å²) in [7, 11) is 0. The molecule has 3 rings (SSSR count). The second-order valence-electron chi connectivity index (χ2n) is 5.12. The smallest absolute Gasteiger partial charge is 0.151 e. The molecule has 5 heteroatoms. The Hall–Kier alpha value is -1.88. The first-order valence-electron chi connectivity index (χ1n) is 6.55. The molecule has 0 amide bonds. The van der Waals surface area contributed by atoms with Crippen molar-refractivity contribution < 1.29 is 4.74 Å². The lowest BCUT2D eigenvalue weighted by atomic mass is 9.99. The molecule has 3 heterocycles. The highest BCUT2D eigenvalue weighted by Crippen LogP contribution is 2.39. The standard InChI is InChI=1S/C14H18N4O/c1-3-4-10-7-9(2)13(19-10)11-5-6-12-14(15)16-8-17-18(11)12/h3,5-6,8-10,13H,1,4,7H2,2H3,(H2,15,16,17). The van der Waals surface area contributed by atoms with Crippen LogP contribution < -0.4 is 5.73 Å². The van der Waals surface area contributed by atoms with Crippen molar-refractivity contribution in [3.63, 3.8) is 0 Å². The van der Waals surface area contributed by atoms with Crippen molar-refractivity contribution in [1.29, 1.82) is 0 Å². The Kier molecular flexibility index (Phi) is 2.98. The zero-order chi connectivity index (χ0) is 13.4. The highest BCUT2D eigenvalue weighted by Gasteiger charge is 2.34. The Labute approximate surface area is 112 Å². The molecule has 1 aliphatic rings. The van der Waals surface area contributed by atoms with Crippen molar-refractivity contribution in [2.24, 2.45) is 5.92 Å². The second-order valence-corrected chi connectivity index (χ2v) is 5.12. The van der Waals surface area contributed by atoms with Gasteiger partial charge in [-0.1, -0.05) is 13.0 Å². The van der Waals surface area contributed by atoms with Crippen LogP contribution in [0, 0.1) is 5.92 Å². The predicted molar refractivity (Wildman–Crippen MR) is 73.6 cm³/mol. The first-order chi connectivity index (χ1) is 9.20. The topological polar surface area (TPSA) is 65.4 Å². The van der Waals surface area contributed by atoms with Gasteiger partial charge in [0.15, 0.2) is 5.82 Å². The average molecular weight is 258 g/mol. The molecule has 0 spiro atoms. The van der Waals surface area contributed by atoms with Crippen LogP contribution >= 0.6 is 0 Å². The van der Waals surface area contributed by atoms with Gasteiger partial charge in [-0.05, 0) is 30.9 Å². The predicted octanol–water partition coefficient (Wildman–Crippen LogP) is 2.35. The fourth-order valence-corrected chi connectivity index (χ4v) is 2.82. The van der Waals surface area contributed by atoms with Gasteiger partial charge < -0.3 is 10.5 Å². The maximum atomic E-state index is 6.11. The Bertz CT molecular complexity index is 607. The molecule has 0 bridgehead atoms. The lowest BCUT2D eigenvalue weighted by molar-refractivity contribution is 0.0337. The number of hydrogen-bond donors (Lipinski definition) is 1. The van der Waals surface area contributed by atoms with E-state index in [4.69, 9.17) is 10.5 Å². The summed E-state index contributed by atoms with van der Waals surface area (Å²) in [4.78, 5) is 4.00. The van der Waals surface area contributed by atoms with Gasteiger partial charge in [0.25, 0.3) is 0 Å². The van der Waals surface area contributed by atoms with Crippen LogP contribution in [0.2, 0.25) is 0 Å². The number of nitrogens with two attached hydrogens (primary N) is 1. The van der Waals surface area contributed by atoms with Crippen LogP contribution in [0.25, 0.3) is 5.52 Å². The monoisotopic (exact) mass is 258 g/mol. The molecular formula is C14H18N4O. The third-order valence-corrected chi connectivity index (χ3v) is 3.72. The Morgan fingerprint density at radius 3 is 3.21 bits per heavy atom. The average Bonchev–Trinajstić information content (AvgIpc) is 2.94. The van der Waals surface area contributed by atoms with Gasteiger partial charge in [-0.2, -0.15) is 5.10 Å². The van der Waals surface area contributed by atoms with Gasteiger partial charge in [-0.15, -0.1) is 6.58 Å². The van der Waals surface area contributed by atoms with E-state index in [2.05, 4.69) is 23.6 Å². The van der Waals surface area contributed by atoms with E-state index >= 15 is 0 Å². The molecule has 19 heavy (non-hydrogen) atoms. The van der Waals surface area contributed by atoms with Crippen LogP contribution in [0.4, 0.5) is 5.82 Å². The molecule has 0 aliphatic carbocycles. The minimum atomic E-state index is 0.0572. The van der Waals surface area contributed by atoms with Gasteiger partial charge in [0.1, 0.15) is 17.9 Å². The summed E-state index contributed by atoms with van der Waals surface area (Å²) in [5, 5.41) is 4.28. The van der Waals surface area contributed by atoms with Crippen LogP contribution in [0.1, 0.15) is 31.6 Å². The van der Waals surface area contributed by atoms with E-state index in [-0.39, 0.29) is 12.2 Å². The van der Waals surface area contributed by atoms with Gasteiger partial charge >= 0.3 is 0 Å². The normalized spacial score (nSPS) is 26.9. The molecular weight excluding hydrogens is 240 g/mol. The number of fused-ring (bicyclic) bond motifs is 1. The first-order valence-corrected chi connectivity index (χ1v) is 6.55. The number of rotatable bonds is 3. The summed E-state index contributed by atoms with van der Waals surface area (Å²) in [5.41, 5.74) is 7.73. The summed E-state index contributed by atoms with van der Waals surface area (Å²) in [6, 6.07) is 3.97.